The van der Waals surface area contributed by atoms with Crippen LogP contribution in [0, 0.1) is 0 Å². The molecule has 0 bridgehead atoms. The molecule has 2 N–H and O–H groups in total. The number of carbonyl (C=O) groups is 1. The van der Waals surface area contributed by atoms with E-state index in [1.165, 1.54) is 20.3 Å². The molecule has 1 aromatic heterocycles. The van der Waals surface area contributed by atoms with Crippen LogP contribution in [-0.2, 0) is 9.53 Å². The first kappa shape index (κ1) is 25.3. The summed E-state index contributed by atoms with van der Waals surface area (Å²) in [7, 11) is 3.03. The second kappa shape index (κ2) is 10.9. The minimum absolute atomic E-state index is 0.154. The SMILES string of the molecule is C=CC(=O)NC1CCOCC1Nc1ncc2cc(-c3c(Cl)c(OC)cc(OC)c3Cl)cc(Cl)c2n1. The number of amides is 1. The predicted molar refractivity (Wildman–Crippen MR) is 138 cm³/mol. The maximum Gasteiger partial charge on any atom is 0.243 e. The number of benzene rings is 2. The molecule has 2 aromatic carbocycles. The number of methoxy groups -OCH3 is 2. The first-order chi connectivity index (χ1) is 16.9. The minimum atomic E-state index is -0.245. The van der Waals surface area contributed by atoms with Gasteiger partial charge >= 0.3 is 0 Å². The normalized spacial score (nSPS) is 17.6. The summed E-state index contributed by atoms with van der Waals surface area (Å²) in [6.07, 6.45) is 3.55. The molecule has 2 unspecified atom stereocenters. The molecule has 1 saturated heterocycles. The van der Waals surface area contributed by atoms with Crippen LogP contribution in [0.5, 0.6) is 11.5 Å². The van der Waals surface area contributed by atoms with E-state index in [1.54, 1.807) is 18.3 Å². The number of carbonyl (C=O) groups excluding carboxylic acids is 1. The van der Waals surface area contributed by atoms with Crippen LogP contribution >= 0.6 is 34.8 Å². The standard InChI is InChI=1S/C24H23Cl3N4O4/c1-4-19(32)29-15-5-6-35-11-16(15)30-24-28-10-13-7-12(8-14(25)23(13)31-24)20-21(26)17(33-2)9-18(34-3)22(20)27/h4,7-10,15-16H,1,5-6,11H2,2-3H3,(H,29,32)(H,28,30,31). The van der Waals surface area contributed by atoms with Crippen molar-refractivity contribution in [2.45, 2.75) is 18.5 Å². The van der Waals surface area contributed by atoms with Crippen molar-refractivity contribution in [3.8, 4) is 22.6 Å². The van der Waals surface area contributed by atoms with Gasteiger partial charge in [-0.15, -0.1) is 0 Å². The molecular weight excluding hydrogens is 515 g/mol. The number of ether oxygens (including phenoxy) is 3. The van der Waals surface area contributed by atoms with Crippen LogP contribution in [0.3, 0.4) is 0 Å². The highest BCUT2D eigenvalue weighted by atomic mass is 35.5. The average Bonchev–Trinajstić information content (AvgIpc) is 2.86. The minimum Gasteiger partial charge on any atom is -0.495 e. The van der Waals surface area contributed by atoms with Gasteiger partial charge in [0.1, 0.15) is 11.5 Å². The van der Waals surface area contributed by atoms with Crippen LogP contribution in [0.1, 0.15) is 6.42 Å². The van der Waals surface area contributed by atoms with E-state index in [2.05, 4.69) is 27.2 Å². The summed E-state index contributed by atoms with van der Waals surface area (Å²) in [6, 6.07) is 4.82. The van der Waals surface area contributed by atoms with Crippen molar-refractivity contribution < 1.29 is 19.0 Å². The van der Waals surface area contributed by atoms with Gasteiger partial charge in [0.25, 0.3) is 0 Å². The Balaban J connectivity index is 1.69. The maximum absolute atomic E-state index is 11.8. The molecule has 0 radical (unpaired) electrons. The Morgan fingerprint density at radius 3 is 2.51 bits per heavy atom. The van der Waals surface area contributed by atoms with Crippen LogP contribution in [0.4, 0.5) is 5.95 Å². The summed E-state index contributed by atoms with van der Waals surface area (Å²) < 4.78 is 16.3. The number of nitrogens with zero attached hydrogens (tertiary/aromatic N) is 2. The molecule has 0 spiro atoms. The largest absolute Gasteiger partial charge is 0.495 e. The average molecular weight is 538 g/mol. The van der Waals surface area contributed by atoms with E-state index in [0.717, 1.165) is 0 Å². The van der Waals surface area contributed by atoms with E-state index in [1.807, 2.05) is 6.07 Å². The summed E-state index contributed by atoms with van der Waals surface area (Å²) in [5.41, 5.74) is 1.72. The van der Waals surface area contributed by atoms with E-state index in [-0.39, 0.29) is 18.0 Å². The highest BCUT2D eigenvalue weighted by Gasteiger charge is 2.27. The van der Waals surface area contributed by atoms with E-state index in [9.17, 15) is 4.79 Å². The highest BCUT2D eigenvalue weighted by molar-refractivity contribution is 6.41. The van der Waals surface area contributed by atoms with E-state index < -0.39 is 0 Å². The van der Waals surface area contributed by atoms with Gasteiger partial charge in [-0.25, -0.2) is 9.97 Å². The molecule has 3 aromatic rings. The van der Waals surface area contributed by atoms with Crippen molar-refractivity contribution in [2.24, 2.45) is 0 Å². The van der Waals surface area contributed by atoms with Gasteiger partial charge in [0.2, 0.25) is 11.9 Å². The Bertz CT molecular complexity index is 1260. The van der Waals surface area contributed by atoms with Gasteiger partial charge in [0.05, 0.1) is 53.5 Å². The molecule has 2 heterocycles. The Hall–Kier alpha value is -2.78. The lowest BCUT2D eigenvalue weighted by Crippen LogP contribution is -2.52. The number of rotatable bonds is 7. The number of fused-ring (bicyclic) bond motifs is 1. The van der Waals surface area contributed by atoms with Crippen LogP contribution < -0.4 is 20.1 Å². The molecular formula is C24H23Cl3N4O4. The van der Waals surface area contributed by atoms with Gasteiger partial charge in [-0.3, -0.25) is 4.79 Å². The fraction of sp³-hybridized carbons (Fsp3) is 0.292. The summed E-state index contributed by atoms with van der Waals surface area (Å²) in [6.45, 7) is 4.45. The fourth-order valence-electron chi connectivity index (χ4n) is 3.92. The second-order valence-corrected chi connectivity index (χ2v) is 8.97. The van der Waals surface area contributed by atoms with E-state index >= 15 is 0 Å². The molecule has 0 saturated carbocycles. The van der Waals surface area contributed by atoms with E-state index in [0.29, 0.717) is 74.2 Å². The monoisotopic (exact) mass is 536 g/mol. The van der Waals surface area contributed by atoms with Crippen LogP contribution in [0.25, 0.3) is 22.0 Å². The second-order valence-electron chi connectivity index (χ2n) is 7.81. The zero-order valence-electron chi connectivity index (χ0n) is 19.0. The smallest absolute Gasteiger partial charge is 0.243 e. The summed E-state index contributed by atoms with van der Waals surface area (Å²) in [5.74, 6) is 0.954. The Labute approximate surface area is 217 Å². The van der Waals surface area contributed by atoms with Crippen molar-refractivity contribution in [1.29, 1.82) is 0 Å². The lowest BCUT2D eigenvalue weighted by molar-refractivity contribution is -0.117. The van der Waals surface area contributed by atoms with Crippen molar-refractivity contribution >= 4 is 57.6 Å². The lowest BCUT2D eigenvalue weighted by atomic mass is 10.0. The number of hydrogen-bond donors (Lipinski definition) is 2. The van der Waals surface area contributed by atoms with Gasteiger partial charge in [0.15, 0.2) is 0 Å². The van der Waals surface area contributed by atoms with Gasteiger partial charge in [-0.05, 0) is 30.2 Å². The van der Waals surface area contributed by atoms with Crippen LogP contribution in [0.2, 0.25) is 15.1 Å². The molecule has 1 fully saturated rings. The van der Waals surface area contributed by atoms with Gasteiger partial charge in [0, 0.05) is 29.8 Å². The lowest BCUT2D eigenvalue weighted by Gasteiger charge is -2.32. The van der Waals surface area contributed by atoms with Crippen molar-refractivity contribution in [1.82, 2.24) is 15.3 Å². The summed E-state index contributed by atoms with van der Waals surface area (Å²) >= 11 is 19.8. The molecule has 2 atom stereocenters. The molecule has 1 amide bonds. The first-order valence-corrected chi connectivity index (χ1v) is 11.8. The Kier molecular flexibility index (Phi) is 7.86. The zero-order chi connectivity index (χ0) is 25.1. The maximum atomic E-state index is 11.8. The number of halogens is 3. The third kappa shape index (κ3) is 5.26. The van der Waals surface area contributed by atoms with Crippen molar-refractivity contribution in [3.05, 3.63) is 52.1 Å². The zero-order valence-corrected chi connectivity index (χ0v) is 21.3. The number of nitrogens with one attached hydrogen (secondary N) is 2. The fourth-order valence-corrected chi connectivity index (χ4v) is 4.90. The molecule has 0 aliphatic carbocycles. The molecule has 8 nitrogen and oxygen atoms in total. The van der Waals surface area contributed by atoms with E-state index in [4.69, 9.17) is 49.0 Å². The Morgan fingerprint density at radius 2 is 1.86 bits per heavy atom. The predicted octanol–water partition coefficient (Wildman–Crippen LogP) is 5.15. The quantitative estimate of drug-likeness (QED) is 0.403. The Morgan fingerprint density at radius 1 is 1.14 bits per heavy atom. The molecule has 184 valence electrons. The molecule has 4 rings (SSSR count). The van der Waals surface area contributed by atoms with Gasteiger partial charge in [-0.2, -0.15) is 0 Å². The molecule has 11 heteroatoms. The number of aromatic nitrogens is 2. The highest BCUT2D eigenvalue weighted by Crippen LogP contribution is 2.47. The topological polar surface area (TPSA) is 94.6 Å². The summed E-state index contributed by atoms with van der Waals surface area (Å²) in [4.78, 5) is 20.8. The molecule has 1 aliphatic rings. The van der Waals surface area contributed by atoms with Crippen molar-refractivity contribution in [3.63, 3.8) is 0 Å². The van der Waals surface area contributed by atoms with Gasteiger partial charge < -0.3 is 24.8 Å². The van der Waals surface area contributed by atoms with Crippen LogP contribution in [0.15, 0.2) is 37.1 Å². The molecule has 1 aliphatic heterocycles. The number of anilines is 1. The summed E-state index contributed by atoms with van der Waals surface area (Å²) in [5, 5.41) is 7.89. The molecule has 35 heavy (non-hydrogen) atoms. The third-order valence-corrected chi connectivity index (χ3v) is 6.72. The number of hydrogen-bond acceptors (Lipinski definition) is 7. The van der Waals surface area contributed by atoms with Crippen molar-refractivity contribution in [2.75, 3.05) is 32.8 Å². The first-order valence-electron chi connectivity index (χ1n) is 10.7. The van der Waals surface area contributed by atoms with Gasteiger partial charge in [-0.1, -0.05) is 41.4 Å². The van der Waals surface area contributed by atoms with Crippen LogP contribution in [-0.4, -0.2) is 55.4 Å². The third-order valence-electron chi connectivity index (χ3n) is 5.68.